The number of aromatic amines is 1. The topological polar surface area (TPSA) is 65.5 Å². The first-order valence-corrected chi connectivity index (χ1v) is 12.3. The van der Waals surface area contributed by atoms with E-state index in [1.54, 1.807) is 28.6 Å². The zero-order valence-electron chi connectivity index (χ0n) is 17.5. The summed E-state index contributed by atoms with van der Waals surface area (Å²) in [4.78, 5) is 8.35. The number of aromatic nitrogens is 1. The molecule has 1 aliphatic carbocycles. The van der Waals surface area contributed by atoms with Gasteiger partial charge in [-0.15, -0.1) is 0 Å². The van der Waals surface area contributed by atoms with Gasteiger partial charge in [0, 0.05) is 30.4 Å². The fraction of sp³-hybridized carbons (Fsp3) is 0.192. The number of sulfonamides is 1. The van der Waals surface area contributed by atoms with Gasteiger partial charge in [0.05, 0.1) is 16.6 Å². The van der Waals surface area contributed by atoms with Gasteiger partial charge in [-0.25, -0.2) is 8.42 Å². The molecule has 6 rings (SSSR count). The largest absolute Gasteiger partial charge is 0.361 e. The molecule has 0 bridgehead atoms. The summed E-state index contributed by atoms with van der Waals surface area (Å²) in [6, 6.07) is 23.5. The Bertz CT molecular complexity index is 1440. The standard InChI is InChI=1S/C26H23N3O2S/c30-32(31,22-4-2-1-3-5-22)29-13-11-21-15-19(7-9-26(21)29)23-16-25(23)28-17-18-6-8-24-20(14-18)10-12-27-24/h1-10,12,14-15,17,23,25,27H,11,13,16H2/t23-,25+/m0/s1. The molecular formula is C26H23N3O2S. The Morgan fingerprint density at radius 2 is 1.88 bits per heavy atom. The van der Waals surface area contributed by atoms with Crippen LogP contribution in [0, 0.1) is 0 Å². The number of hydrogen-bond acceptors (Lipinski definition) is 3. The molecule has 6 heteroatoms. The fourth-order valence-electron chi connectivity index (χ4n) is 4.63. The fourth-order valence-corrected chi connectivity index (χ4v) is 6.15. The van der Waals surface area contributed by atoms with Gasteiger partial charge < -0.3 is 4.98 Å². The van der Waals surface area contributed by atoms with E-state index in [-0.39, 0.29) is 0 Å². The van der Waals surface area contributed by atoms with Crippen molar-refractivity contribution in [1.82, 2.24) is 4.98 Å². The number of rotatable bonds is 5. The van der Waals surface area contributed by atoms with E-state index < -0.39 is 10.0 Å². The zero-order valence-corrected chi connectivity index (χ0v) is 18.3. The molecule has 5 nitrogen and oxygen atoms in total. The van der Waals surface area contributed by atoms with Crippen LogP contribution in [0.25, 0.3) is 10.9 Å². The molecule has 0 spiro atoms. The van der Waals surface area contributed by atoms with Gasteiger partial charge in [0.15, 0.2) is 0 Å². The molecular weight excluding hydrogens is 418 g/mol. The highest BCUT2D eigenvalue weighted by Gasteiger charge is 2.39. The van der Waals surface area contributed by atoms with Crippen LogP contribution < -0.4 is 4.31 Å². The molecule has 3 aromatic carbocycles. The smallest absolute Gasteiger partial charge is 0.264 e. The Morgan fingerprint density at radius 3 is 2.75 bits per heavy atom. The summed E-state index contributed by atoms with van der Waals surface area (Å²) in [5.41, 5.74) is 5.41. The third-order valence-corrected chi connectivity index (χ3v) is 8.29. The van der Waals surface area contributed by atoms with Crippen molar-refractivity contribution in [2.45, 2.75) is 29.7 Å². The molecule has 0 unspecified atom stereocenters. The van der Waals surface area contributed by atoms with Crippen LogP contribution in [0.1, 0.15) is 29.0 Å². The van der Waals surface area contributed by atoms with Crippen LogP contribution in [0.4, 0.5) is 5.69 Å². The number of benzene rings is 3. The molecule has 2 aliphatic rings. The number of nitrogens with zero attached hydrogens (tertiary/aromatic N) is 2. The maximum Gasteiger partial charge on any atom is 0.264 e. The molecule has 160 valence electrons. The third kappa shape index (κ3) is 3.31. The van der Waals surface area contributed by atoms with Gasteiger partial charge in [0.1, 0.15) is 0 Å². The molecule has 0 saturated heterocycles. The van der Waals surface area contributed by atoms with Crippen LogP contribution in [-0.4, -0.2) is 32.2 Å². The first-order chi connectivity index (χ1) is 15.6. The van der Waals surface area contributed by atoms with Gasteiger partial charge in [-0.3, -0.25) is 9.30 Å². The lowest BCUT2D eigenvalue weighted by atomic mass is 10.0. The Kier molecular flexibility index (Phi) is 4.43. The number of anilines is 1. The lowest BCUT2D eigenvalue weighted by molar-refractivity contribution is 0.592. The molecule has 2 heterocycles. The van der Waals surface area contributed by atoms with Crippen LogP contribution in [0.15, 0.2) is 88.9 Å². The molecule has 1 fully saturated rings. The number of hydrogen-bond donors (Lipinski definition) is 1. The number of fused-ring (bicyclic) bond motifs is 2. The molecule has 1 aromatic heterocycles. The molecule has 0 radical (unpaired) electrons. The molecule has 1 saturated carbocycles. The second-order valence-corrected chi connectivity index (χ2v) is 10.4. The predicted molar refractivity (Wildman–Crippen MR) is 128 cm³/mol. The third-order valence-electron chi connectivity index (χ3n) is 6.47. The normalized spacial score (nSPS) is 20.2. The van der Waals surface area contributed by atoms with E-state index in [2.05, 4.69) is 41.4 Å². The zero-order chi connectivity index (χ0) is 21.7. The van der Waals surface area contributed by atoms with Gasteiger partial charge in [-0.05, 0) is 71.3 Å². The van der Waals surface area contributed by atoms with E-state index in [1.165, 1.54) is 10.9 Å². The van der Waals surface area contributed by atoms with Crippen molar-refractivity contribution in [2.24, 2.45) is 4.99 Å². The quantitative estimate of drug-likeness (QED) is 0.448. The summed E-state index contributed by atoms with van der Waals surface area (Å²) >= 11 is 0. The summed E-state index contributed by atoms with van der Waals surface area (Å²) in [7, 11) is -3.52. The Balaban J connectivity index is 1.19. The highest BCUT2D eigenvalue weighted by atomic mass is 32.2. The molecule has 2 atom stereocenters. The summed E-state index contributed by atoms with van der Waals surface area (Å²) in [6.07, 6.45) is 5.70. The van der Waals surface area contributed by atoms with E-state index in [0.29, 0.717) is 23.4 Å². The predicted octanol–water partition coefficient (Wildman–Crippen LogP) is 4.89. The monoisotopic (exact) mass is 441 g/mol. The molecule has 1 N–H and O–H groups in total. The highest BCUT2D eigenvalue weighted by molar-refractivity contribution is 7.92. The summed E-state index contributed by atoms with van der Waals surface area (Å²) in [5.74, 6) is 0.410. The Labute approximate surface area is 187 Å². The lowest BCUT2D eigenvalue weighted by Crippen LogP contribution is -2.29. The van der Waals surface area contributed by atoms with Crippen molar-refractivity contribution in [3.05, 3.63) is 95.7 Å². The first-order valence-electron chi connectivity index (χ1n) is 10.9. The SMILES string of the molecule is O=S(=O)(c1ccccc1)N1CCc2cc([C@@H]3C[C@H]3N=Cc3ccc4[nH]ccc4c3)ccc21. The maximum atomic E-state index is 13.1. The van der Waals surface area contributed by atoms with Crippen LogP contribution in [0.5, 0.6) is 0 Å². The minimum atomic E-state index is -3.52. The van der Waals surface area contributed by atoms with Crippen molar-refractivity contribution < 1.29 is 8.42 Å². The Hall–Kier alpha value is -3.38. The van der Waals surface area contributed by atoms with Crippen molar-refractivity contribution in [2.75, 3.05) is 10.8 Å². The van der Waals surface area contributed by atoms with Crippen LogP contribution in [0.2, 0.25) is 0 Å². The average Bonchev–Trinajstić information content (AvgIpc) is 3.23. The van der Waals surface area contributed by atoms with E-state index in [0.717, 1.165) is 35.2 Å². The minimum Gasteiger partial charge on any atom is -0.361 e. The lowest BCUT2D eigenvalue weighted by Gasteiger charge is -2.19. The van der Waals surface area contributed by atoms with E-state index in [1.807, 2.05) is 24.5 Å². The van der Waals surface area contributed by atoms with Gasteiger partial charge >= 0.3 is 0 Å². The number of nitrogens with one attached hydrogen (secondary N) is 1. The average molecular weight is 442 g/mol. The van der Waals surface area contributed by atoms with Crippen molar-refractivity contribution in [1.29, 1.82) is 0 Å². The summed E-state index contributed by atoms with van der Waals surface area (Å²) < 4.78 is 27.7. The molecule has 4 aromatic rings. The van der Waals surface area contributed by atoms with Gasteiger partial charge in [0.2, 0.25) is 0 Å². The van der Waals surface area contributed by atoms with E-state index in [9.17, 15) is 8.42 Å². The maximum absolute atomic E-state index is 13.1. The van der Waals surface area contributed by atoms with E-state index in [4.69, 9.17) is 4.99 Å². The van der Waals surface area contributed by atoms with Gasteiger partial charge in [-0.2, -0.15) is 0 Å². The van der Waals surface area contributed by atoms with Crippen LogP contribution in [0.3, 0.4) is 0 Å². The first kappa shape index (κ1) is 19.3. The summed E-state index contributed by atoms with van der Waals surface area (Å²) in [6.45, 7) is 0.490. The van der Waals surface area contributed by atoms with Gasteiger partial charge in [-0.1, -0.05) is 36.4 Å². The molecule has 32 heavy (non-hydrogen) atoms. The molecule has 0 amide bonds. The van der Waals surface area contributed by atoms with Crippen molar-refractivity contribution >= 4 is 32.8 Å². The second kappa shape index (κ2) is 7.35. The molecule has 1 aliphatic heterocycles. The summed E-state index contributed by atoms with van der Waals surface area (Å²) in [5, 5.41) is 1.19. The van der Waals surface area contributed by atoms with Crippen molar-refractivity contribution in [3.63, 3.8) is 0 Å². The highest BCUT2D eigenvalue weighted by Crippen LogP contribution is 2.45. The van der Waals surface area contributed by atoms with Gasteiger partial charge in [0.25, 0.3) is 10.0 Å². The van der Waals surface area contributed by atoms with Crippen LogP contribution >= 0.6 is 0 Å². The Morgan fingerprint density at radius 1 is 1.00 bits per heavy atom. The van der Waals surface area contributed by atoms with E-state index >= 15 is 0 Å². The van der Waals surface area contributed by atoms with Crippen molar-refractivity contribution in [3.8, 4) is 0 Å². The number of aliphatic imine (C=N–C) groups is 1. The number of H-pyrrole nitrogens is 1. The minimum absolute atomic E-state index is 0.292. The van der Waals surface area contributed by atoms with Crippen LogP contribution in [-0.2, 0) is 16.4 Å². The second-order valence-electron chi connectivity index (χ2n) is 8.54.